The topological polar surface area (TPSA) is 49.4 Å². The maximum Gasteiger partial charge on any atom is 0.242 e. The lowest BCUT2D eigenvalue weighted by atomic mass is 10.1. The van der Waals surface area contributed by atoms with Crippen LogP contribution in [0.1, 0.15) is 18.1 Å². The molecule has 0 saturated carbocycles. The van der Waals surface area contributed by atoms with Gasteiger partial charge < -0.3 is 10.2 Å². The lowest BCUT2D eigenvalue weighted by molar-refractivity contribution is -0.138. The monoisotopic (exact) mass is 492 g/mol. The predicted molar refractivity (Wildman–Crippen MR) is 123 cm³/mol. The molecule has 156 valence electrons. The summed E-state index contributed by atoms with van der Waals surface area (Å²) < 4.78 is 0. The Morgan fingerprint density at radius 3 is 2.07 bits per heavy atom. The molecule has 4 nitrogen and oxygen atoms in total. The van der Waals surface area contributed by atoms with Crippen molar-refractivity contribution in [3.63, 3.8) is 0 Å². The smallest absolute Gasteiger partial charge is 0.242 e. The number of halogens is 4. The number of rotatable bonds is 8. The van der Waals surface area contributed by atoms with E-state index in [1.165, 1.54) is 16.7 Å². The molecule has 2 amide bonds. The second-order valence-electron chi connectivity index (χ2n) is 6.30. The maximum atomic E-state index is 12.9. The number of hydrogen-bond donors (Lipinski definition) is 1. The van der Waals surface area contributed by atoms with E-state index >= 15 is 0 Å². The SMILES string of the molecule is CNC(=O)C(C)N(Cc1ccc(Cl)c(Cl)c1)C(=O)CSCc1ccc(Cl)c(Cl)c1. The van der Waals surface area contributed by atoms with Crippen molar-refractivity contribution in [2.75, 3.05) is 12.8 Å². The quantitative estimate of drug-likeness (QED) is 0.513. The molecular formula is C20H20Cl4N2O2S. The zero-order valence-corrected chi connectivity index (χ0v) is 19.7. The second-order valence-corrected chi connectivity index (χ2v) is 8.92. The third kappa shape index (κ3) is 6.97. The number of hydrogen-bond acceptors (Lipinski definition) is 3. The highest BCUT2D eigenvalue weighted by Crippen LogP contribution is 2.26. The lowest BCUT2D eigenvalue weighted by Gasteiger charge is -2.28. The molecule has 0 bridgehead atoms. The maximum absolute atomic E-state index is 12.9. The Kier molecular flexibility index (Phi) is 9.44. The van der Waals surface area contributed by atoms with Crippen LogP contribution in [0.25, 0.3) is 0 Å². The van der Waals surface area contributed by atoms with Crippen LogP contribution >= 0.6 is 58.2 Å². The van der Waals surface area contributed by atoms with Gasteiger partial charge in [-0.3, -0.25) is 9.59 Å². The Morgan fingerprint density at radius 2 is 1.52 bits per heavy atom. The Hall–Kier alpha value is -1.11. The molecule has 0 heterocycles. The van der Waals surface area contributed by atoms with Crippen LogP contribution in [0.3, 0.4) is 0 Å². The number of amides is 2. The van der Waals surface area contributed by atoms with Crippen molar-refractivity contribution in [1.29, 1.82) is 0 Å². The molecular weight excluding hydrogens is 474 g/mol. The van der Waals surface area contributed by atoms with Crippen molar-refractivity contribution in [2.45, 2.75) is 25.3 Å². The normalized spacial score (nSPS) is 11.8. The first kappa shape index (κ1) is 24.2. The van der Waals surface area contributed by atoms with Gasteiger partial charge in [-0.15, -0.1) is 11.8 Å². The molecule has 29 heavy (non-hydrogen) atoms. The summed E-state index contributed by atoms with van der Waals surface area (Å²) in [6.07, 6.45) is 0. The summed E-state index contributed by atoms with van der Waals surface area (Å²) in [4.78, 5) is 26.6. The minimum Gasteiger partial charge on any atom is -0.357 e. The van der Waals surface area contributed by atoms with Gasteiger partial charge in [0.15, 0.2) is 0 Å². The summed E-state index contributed by atoms with van der Waals surface area (Å²) in [5.74, 6) is 0.408. The fraction of sp³-hybridized carbons (Fsp3) is 0.300. The van der Waals surface area contributed by atoms with Crippen molar-refractivity contribution < 1.29 is 9.59 Å². The standard InChI is InChI=1S/C20H20Cl4N2O2S/c1-12(20(28)25-2)26(9-13-3-5-15(21)17(23)7-13)19(27)11-29-10-14-4-6-16(22)18(24)8-14/h3-8,12H,9-11H2,1-2H3,(H,25,28). The molecule has 0 aromatic heterocycles. The Balaban J connectivity index is 2.07. The van der Waals surface area contributed by atoms with Gasteiger partial charge in [0.05, 0.1) is 25.8 Å². The van der Waals surface area contributed by atoms with E-state index in [-0.39, 0.29) is 24.1 Å². The zero-order valence-electron chi connectivity index (χ0n) is 15.8. The predicted octanol–water partition coefficient (Wildman–Crippen LogP) is 5.70. The summed E-state index contributed by atoms with van der Waals surface area (Å²) in [5, 5.41) is 4.39. The van der Waals surface area contributed by atoms with Gasteiger partial charge >= 0.3 is 0 Å². The van der Waals surface area contributed by atoms with Crippen LogP contribution in [0.5, 0.6) is 0 Å². The molecule has 2 rings (SSSR count). The number of likely N-dealkylation sites (N-methyl/N-ethyl adjacent to an activating group) is 1. The van der Waals surface area contributed by atoms with E-state index in [2.05, 4.69) is 5.32 Å². The van der Waals surface area contributed by atoms with Crippen molar-refractivity contribution in [1.82, 2.24) is 10.2 Å². The van der Waals surface area contributed by atoms with E-state index in [0.717, 1.165) is 11.1 Å². The summed E-state index contributed by atoms with van der Waals surface area (Å²) in [5.41, 5.74) is 1.76. The molecule has 0 spiro atoms. The van der Waals surface area contributed by atoms with Crippen molar-refractivity contribution in [3.05, 3.63) is 67.6 Å². The molecule has 0 aliphatic rings. The molecule has 9 heteroatoms. The number of thioether (sulfide) groups is 1. The van der Waals surface area contributed by atoms with Gasteiger partial charge in [0.1, 0.15) is 6.04 Å². The van der Waals surface area contributed by atoms with Crippen molar-refractivity contribution >= 4 is 70.0 Å². The summed E-state index contributed by atoms with van der Waals surface area (Å²) in [7, 11) is 1.54. The van der Waals surface area contributed by atoms with Gasteiger partial charge in [-0.05, 0) is 42.3 Å². The van der Waals surface area contributed by atoms with E-state index < -0.39 is 6.04 Å². The van der Waals surface area contributed by atoms with E-state index in [4.69, 9.17) is 46.4 Å². The average molecular weight is 494 g/mol. The van der Waals surface area contributed by atoms with Gasteiger partial charge in [0.2, 0.25) is 11.8 Å². The number of carbonyl (C=O) groups is 2. The van der Waals surface area contributed by atoms with Crippen LogP contribution in [0, 0.1) is 0 Å². The Morgan fingerprint density at radius 1 is 0.966 bits per heavy atom. The third-order valence-corrected chi connectivity index (χ3v) is 6.70. The highest BCUT2D eigenvalue weighted by atomic mass is 35.5. The largest absolute Gasteiger partial charge is 0.357 e. The molecule has 0 fully saturated rings. The number of carbonyl (C=O) groups excluding carboxylic acids is 2. The Labute approximate surface area is 194 Å². The third-order valence-electron chi connectivity index (χ3n) is 4.23. The molecule has 1 unspecified atom stereocenters. The zero-order chi connectivity index (χ0) is 21.6. The van der Waals surface area contributed by atoms with Gasteiger partial charge in [-0.1, -0.05) is 58.5 Å². The average Bonchev–Trinajstić information content (AvgIpc) is 2.70. The highest BCUT2D eigenvalue weighted by Gasteiger charge is 2.25. The van der Waals surface area contributed by atoms with E-state index in [0.29, 0.717) is 25.8 Å². The van der Waals surface area contributed by atoms with E-state index in [1.807, 2.05) is 6.07 Å². The van der Waals surface area contributed by atoms with Crippen LogP contribution in [-0.4, -0.2) is 35.6 Å². The molecule has 1 N–H and O–H groups in total. The van der Waals surface area contributed by atoms with Crippen molar-refractivity contribution in [3.8, 4) is 0 Å². The van der Waals surface area contributed by atoms with Gasteiger partial charge in [0.25, 0.3) is 0 Å². The molecule has 1 atom stereocenters. The number of nitrogens with zero attached hydrogens (tertiary/aromatic N) is 1. The minimum atomic E-state index is -0.632. The fourth-order valence-electron chi connectivity index (χ4n) is 2.59. The van der Waals surface area contributed by atoms with Gasteiger partial charge in [-0.25, -0.2) is 0 Å². The van der Waals surface area contributed by atoms with Crippen molar-refractivity contribution in [2.24, 2.45) is 0 Å². The first-order chi connectivity index (χ1) is 13.7. The van der Waals surface area contributed by atoms with Crippen LogP contribution in [0.4, 0.5) is 0 Å². The summed E-state index contributed by atoms with van der Waals surface area (Å²) in [6, 6.07) is 9.90. The first-order valence-electron chi connectivity index (χ1n) is 8.69. The molecule has 0 aliphatic carbocycles. The lowest BCUT2D eigenvalue weighted by Crippen LogP contribution is -2.47. The van der Waals surface area contributed by atoms with E-state index in [1.54, 1.807) is 44.3 Å². The summed E-state index contributed by atoms with van der Waals surface area (Å²) >= 11 is 25.4. The number of benzene rings is 2. The highest BCUT2D eigenvalue weighted by molar-refractivity contribution is 7.99. The summed E-state index contributed by atoms with van der Waals surface area (Å²) in [6.45, 7) is 1.94. The van der Waals surface area contributed by atoms with Crippen LogP contribution in [0.15, 0.2) is 36.4 Å². The second kappa shape index (κ2) is 11.3. The minimum absolute atomic E-state index is 0.155. The first-order valence-corrected chi connectivity index (χ1v) is 11.4. The van der Waals surface area contributed by atoms with Crippen LogP contribution < -0.4 is 5.32 Å². The molecule has 2 aromatic rings. The fourth-order valence-corrected chi connectivity index (χ4v) is 4.09. The van der Waals surface area contributed by atoms with Crippen LogP contribution in [-0.2, 0) is 21.9 Å². The number of nitrogens with one attached hydrogen (secondary N) is 1. The molecule has 0 aliphatic heterocycles. The molecule has 0 saturated heterocycles. The Bertz CT molecular complexity index is 895. The van der Waals surface area contributed by atoms with Gasteiger partial charge in [-0.2, -0.15) is 0 Å². The van der Waals surface area contributed by atoms with Gasteiger partial charge in [0, 0.05) is 19.3 Å². The molecule has 2 aromatic carbocycles. The molecule has 0 radical (unpaired) electrons. The van der Waals surface area contributed by atoms with Crippen LogP contribution in [0.2, 0.25) is 20.1 Å². The van der Waals surface area contributed by atoms with E-state index in [9.17, 15) is 9.59 Å².